The Bertz CT molecular complexity index is 1300. The van der Waals surface area contributed by atoms with Gasteiger partial charge in [-0.1, -0.05) is 53.2 Å². The normalized spacial score (nSPS) is 15.9. The molecule has 1 fully saturated rings. The van der Waals surface area contributed by atoms with Crippen LogP contribution in [0.2, 0.25) is 0 Å². The highest BCUT2D eigenvalue weighted by Crippen LogP contribution is 2.28. The van der Waals surface area contributed by atoms with E-state index in [0.29, 0.717) is 5.69 Å². The van der Waals surface area contributed by atoms with Crippen molar-refractivity contribution in [2.45, 2.75) is 52.5 Å². The maximum atomic E-state index is 13.4. The quantitative estimate of drug-likeness (QED) is 0.371. The molecule has 1 saturated heterocycles. The first-order valence-electron chi connectivity index (χ1n) is 12.3. The van der Waals surface area contributed by atoms with Crippen molar-refractivity contribution >= 4 is 6.03 Å². The number of carbonyl (C=O) groups excluding carboxylic acids is 1. The summed E-state index contributed by atoms with van der Waals surface area (Å²) in [6, 6.07) is 18.8. The number of aryl methyl sites for hydroxylation is 3. The first-order chi connectivity index (χ1) is 17.0. The summed E-state index contributed by atoms with van der Waals surface area (Å²) in [5.41, 5.74) is 8.51. The Kier molecular flexibility index (Phi) is 6.45. The third-order valence-corrected chi connectivity index (χ3v) is 6.87. The molecule has 0 bridgehead atoms. The topological polar surface area (TPSA) is 63.9 Å². The summed E-state index contributed by atoms with van der Waals surface area (Å²) >= 11 is 0. The molecule has 6 heteroatoms. The zero-order valence-electron chi connectivity index (χ0n) is 20.6. The summed E-state index contributed by atoms with van der Waals surface area (Å²) in [6.45, 7) is 7.09. The number of rotatable bonds is 4. The molecule has 3 heterocycles. The lowest BCUT2D eigenvalue weighted by Crippen LogP contribution is -2.46. The number of nitrogens with zero attached hydrogens (tertiary/aromatic N) is 5. The summed E-state index contributed by atoms with van der Waals surface area (Å²) in [6.07, 6.45) is 7.55. The smallest absolute Gasteiger partial charge is 0.320 e. The van der Waals surface area contributed by atoms with Gasteiger partial charge in [-0.05, 0) is 75.3 Å². The molecule has 0 spiro atoms. The van der Waals surface area contributed by atoms with Gasteiger partial charge in [0.05, 0.1) is 11.9 Å². The molecule has 178 valence electrons. The van der Waals surface area contributed by atoms with Crippen LogP contribution >= 0.6 is 0 Å². The Morgan fingerprint density at radius 3 is 2.46 bits per heavy atom. The number of likely N-dealkylation sites (tertiary alicyclic amines) is 1. The minimum absolute atomic E-state index is 0.111. The Labute approximate surface area is 206 Å². The fourth-order valence-electron chi connectivity index (χ4n) is 5.25. The first-order valence-corrected chi connectivity index (χ1v) is 12.3. The predicted octanol–water partition coefficient (Wildman–Crippen LogP) is 6.00. The van der Waals surface area contributed by atoms with Crippen LogP contribution < -0.4 is 0 Å². The van der Waals surface area contributed by atoms with Gasteiger partial charge >= 0.3 is 6.03 Å². The monoisotopic (exact) mass is 465 g/mol. The van der Waals surface area contributed by atoms with Gasteiger partial charge in [0, 0.05) is 29.9 Å². The minimum Gasteiger partial charge on any atom is -0.320 e. The molecule has 0 saturated carbocycles. The summed E-state index contributed by atoms with van der Waals surface area (Å²) < 4.78 is 1.38. The number of amides is 1. The summed E-state index contributed by atoms with van der Waals surface area (Å²) in [5.74, 6) is 0. The maximum Gasteiger partial charge on any atom is 0.346 e. The minimum atomic E-state index is -0.111. The van der Waals surface area contributed by atoms with E-state index in [2.05, 4.69) is 67.5 Å². The fourth-order valence-corrected chi connectivity index (χ4v) is 5.25. The van der Waals surface area contributed by atoms with Gasteiger partial charge in [-0.3, -0.25) is 4.98 Å². The van der Waals surface area contributed by atoms with E-state index in [1.165, 1.54) is 26.9 Å². The molecule has 0 N–H and O–H groups in total. The molecule has 1 unspecified atom stereocenters. The lowest BCUT2D eigenvalue weighted by atomic mass is 9.96. The molecule has 2 aromatic carbocycles. The van der Waals surface area contributed by atoms with Crippen molar-refractivity contribution in [3.05, 3.63) is 89.2 Å². The molecule has 35 heavy (non-hydrogen) atoms. The molecule has 1 amide bonds. The number of hydrogen-bond donors (Lipinski definition) is 0. The summed E-state index contributed by atoms with van der Waals surface area (Å²) in [7, 11) is 0. The van der Waals surface area contributed by atoms with Crippen molar-refractivity contribution in [2.24, 2.45) is 0 Å². The molecule has 0 aliphatic carbocycles. The van der Waals surface area contributed by atoms with E-state index in [1.807, 2.05) is 29.3 Å². The zero-order chi connectivity index (χ0) is 24.4. The van der Waals surface area contributed by atoms with Crippen LogP contribution in [0.3, 0.4) is 0 Å². The van der Waals surface area contributed by atoms with Crippen LogP contribution in [0.25, 0.3) is 22.5 Å². The highest BCUT2D eigenvalue weighted by atomic mass is 16.2. The van der Waals surface area contributed by atoms with Crippen molar-refractivity contribution in [3.8, 4) is 22.5 Å². The number of aromatic nitrogens is 4. The van der Waals surface area contributed by atoms with E-state index in [9.17, 15) is 4.79 Å². The second-order valence-corrected chi connectivity index (χ2v) is 9.57. The lowest BCUT2D eigenvalue weighted by molar-refractivity contribution is 0.149. The van der Waals surface area contributed by atoms with Gasteiger partial charge < -0.3 is 4.90 Å². The summed E-state index contributed by atoms with van der Waals surface area (Å²) in [5, 5.41) is 8.46. The molecular formula is C29H31N5O. The van der Waals surface area contributed by atoms with Crippen LogP contribution in [0.1, 0.15) is 41.5 Å². The van der Waals surface area contributed by atoms with Gasteiger partial charge in [0.1, 0.15) is 5.69 Å². The van der Waals surface area contributed by atoms with Crippen molar-refractivity contribution in [1.29, 1.82) is 0 Å². The molecule has 1 atom stereocenters. The average molecular weight is 466 g/mol. The Balaban J connectivity index is 1.34. The Hall–Kier alpha value is -3.80. The Morgan fingerprint density at radius 2 is 1.74 bits per heavy atom. The van der Waals surface area contributed by atoms with Crippen LogP contribution in [0.15, 0.2) is 67.0 Å². The number of carbonyl (C=O) groups is 1. The second-order valence-electron chi connectivity index (χ2n) is 9.57. The molecule has 6 nitrogen and oxygen atoms in total. The van der Waals surface area contributed by atoms with Gasteiger partial charge in [-0.15, -0.1) is 5.10 Å². The summed E-state index contributed by atoms with van der Waals surface area (Å²) in [4.78, 5) is 20.0. The molecule has 1 aliphatic heterocycles. The number of pyridine rings is 1. The van der Waals surface area contributed by atoms with Crippen LogP contribution in [0.5, 0.6) is 0 Å². The molecule has 5 rings (SSSR count). The largest absolute Gasteiger partial charge is 0.346 e. The van der Waals surface area contributed by atoms with Crippen molar-refractivity contribution in [2.75, 3.05) is 6.54 Å². The highest BCUT2D eigenvalue weighted by Gasteiger charge is 2.28. The maximum absolute atomic E-state index is 13.4. The Morgan fingerprint density at radius 1 is 0.971 bits per heavy atom. The highest BCUT2D eigenvalue weighted by molar-refractivity contribution is 5.77. The SMILES string of the molecule is Cc1cc(C)c(-c2ccc(-c3cn(C(=O)N4CCCCC4Cc4ccccc4)nn3)cn2)c(C)c1. The van der Waals surface area contributed by atoms with Crippen LogP contribution in [0, 0.1) is 20.8 Å². The lowest BCUT2D eigenvalue weighted by Gasteiger charge is -2.35. The standard InChI is InChI=1S/C29H31N5O/c1-20-15-21(2)28(22(3)16-20)26-13-12-24(18-30-26)27-19-34(32-31-27)29(35)33-14-8-7-11-25(33)17-23-9-5-4-6-10-23/h4-6,9-10,12-13,15-16,18-19,25H,7-8,11,14,17H2,1-3H3. The van der Waals surface area contributed by atoms with E-state index in [1.54, 1.807) is 6.20 Å². The van der Waals surface area contributed by atoms with Crippen LogP contribution in [-0.4, -0.2) is 43.5 Å². The third kappa shape index (κ3) is 4.87. The van der Waals surface area contributed by atoms with Gasteiger partial charge in [0.25, 0.3) is 0 Å². The van der Waals surface area contributed by atoms with Crippen LogP contribution in [-0.2, 0) is 6.42 Å². The fraction of sp³-hybridized carbons (Fsp3) is 0.310. The van der Waals surface area contributed by atoms with E-state index < -0.39 is 0 Å². The molecular weight excluding hydrogens is 434 g/mol. The average Bonchev–Trinajstić information content (AvgIpc) is 3.35. The van der Waals surface area contributed by atoms with Crippen molar-refractivity contribution in [1.82, 2.24) is 24.9 Å². The number of benzene rings is 2. The van der Waals surface area contributed by atoms with Gasteiger partial charge in [-0.2, -0.15) is 4.68 Å². The van der Waals surface area contributed by atoms with E-state index in [4.69, 9.17) is 4.98 Å². The van der Waals surface area contributed by atoms with Gasteiger partial charge in [0.2, 0.25) is 0 Å². The zero-order valence-corrected chi connectivity index (χ0v) is 20.6. The second kappa shape index (κ2) is 9.82. The van der Waals surface area contributed by atoms with E-state index >= 15 is 0 Å². The van der Waals surface area contributed by atoms with Gasteiger partial charge in [-0.25, -0.2) is 4.79 Å². The molecule has 1 aliphatic rings. The number of piperidine rings is 1. The van der Waals surface area contributed by atoms with Gasteiger partial charge in [0.15, 0.2) is 0 Å². The van der Waals surface area contributed by atoms with Crippen molar-refractivity contribution < 1.29 is 4.79 Å². The van der Waals surface area contributed by atoms with Crippen LogP contribution in [0.4, 0.5) is 4.79 Å². The van der Waals surface area contributed by atoms with E-state index in [0.717, 1.165) is 49.0 Å². The van der Waals surface area contributed by atoms with Crippen molar-refractivity contribution in [3.63, 3.8) is 0 Å². The number of hydrogen-bond acceptors (Lipinski definition) is 4. The molecule has 0 radical (unpaired) electrons. The van der Waals surface area contributed by atoms with E-state index in [-0.39, 0.29) is 12.1 Å². The molecule has 4 aromatic rings. The predicted molar refractivity (Wildman–Crippen MR) is 138 cm³/mol. The third-order valence-electron chi connectivity index (χ3n) is 6.87. The molecule has 2 aromatic heterocycles. The first kappa shape index (κ1) is 23.0.